The van der Waals surface area contributed by atoms with Crippen molar-refractivity contribution in [3.8, 4) is 0 Å². The van der Waals surface area contributed by atoms with Crippen molar-refractivity contribution in [2.45, 2.75) is 32.5 Å². The van der Waals surface area contributed by atoms with Crippen molar-refractivity contribution < 1.29 is 5.11 Å². The standard InChI is InChI=1S/C15H22N4O/c1-11-8-18(9-12(2)17(11)3)15-13(10-20)19-7-5-4-6-14(19)16-15/h4-7,11-12,20H,8-10H2,1-3H3. The molecule has 1 fully saturated rings. The van der Waals surface area contributed by atoms with Crippen molar-refractivity contribution in [1.82, 2.24) is 14.3 Å². The number of nitrogens with zero attached hydrogens (tertiary/aromatic N) is 4. The summed E-state index contributed by atoms with van der Waals surface area (Å²) in [6.45, 7) is 6.36. The lowest BCUT2D eigenvalue weighted by molar-refractivity contribution is 0.169. The Hall–Kier alpha value is -1.59. The molecule has 3 rings (SSSR count). The molecule has 0 aromatic carbocycles. The molecular formula is C15H22N4O. The van der Waals surface area contributed by atoms with Crippen LogP contribution in [0.15, 0.2) is 24.4 Å². The summed E-state index contributed by atoms with van der Waals surface area (Å²) in [6, 6.07) is 6.88. The van der Waals surface area contributed by atoms with Gasteiger partial charge in [-0.15, -0.1) is 0 Å². The number of imidazole rings is 1. The highest BCUT2D eigenvalue weighted by molar-refractivity contribution is 5.56. The zero-order valence-electron chi connectivity index (χ0n) is 12.3. The van der Waals surface area contributed by atoms with E-state index in [-0.39, 0.29) is 6.61 Å². The van der Waals surface area contributed by atoms with Gasteiger partial charge in [-0.05, 0) is 33.0 Å². The van der Waals surface area contributed by atoms with Gasteiger partial charge in [-0.1, -0.05) is 6.07 Å². The van der Waals surface area contributed by atoms with E-state index in [0.29, 0.717) is 12.1 Å². The maximum atomic E-state index is 9.72. The first-order valence-corrected chi connectivity index (χ1v) is 7.15. The van der Waals surface area contributed by atoms with Crippen molar-refractivity contribution >= 4 is 11.5 Å². The van der Waals surface area contributed by atoms with Crippen LogP contribution in [0, 0.1) is 0 Å². The number of fused-ring (bicyclic) bond motifs is 1. The third-order valence-corrected chi connectivity index (χ3v) is 4.42. The number of anilines is 1. The zero-order chi connectivity index (χ0) is 14.3. The van der Waals surface area contributed by atoms with E-state index in [9.17, 15) is 5.11 Å². The number of aromatic nitrogens is 2. The first kappa shape index (κ1) is 13.4. The summed E-state index contributed by atoms with van der Waals surface area (Å²) in [4.78, 5) is 9.40. The highest BCUT2D eigenvalue weighted by atomic mass is 16.3. The minimum Gasteiger partial charge on any atom is -0.390 e. The number of aliphatic hydroxyl groups is 1. The molecule has 2 unspecified atom stereocenters. The Morgan fingerprint density at radius 3 is 2.60 bits per heavy atom. The Labute approximate surface area is 119 Å². The summed E-state index contributed by atoms with van der Waals surface area (Å²) < 4.78 is 1.98. The van der Waals surface area contributed by atoms with Crippen LogP contribution in [0.2, 0.25) is 0 Å². The molecule has 1 N–H and O–H groups in total. The van der Waals surface area contributed by atoms with Gasteiger partial charge < -0.3 is 10.0 Å². The van der Waals surface area contributed by atoms with Crippen molar-refractivity contribution in [2.75, 3.05) is 25.0 Å². The summed E-state index contributed by atoms with van der Waals surface area (Å²) in [7, 11) is 2.17. The number of aliphatic hydroxyl groups excluding tert-OH is 1. The van der Waals surface area contributed by atoms with Crippen LogP contribution in [0.25, 0.3) is 5.65 Å². The van der Waals surface area contributed by atoms with Crippen LogP contribution < -0.4 is 4.90 Å². The molecular weight excluding hydrogens is 252 g/mol. The fourth-order valence-electron chi connectivity index (χ4n) is 3.01. The van der Waals surface area contributed by atoms with Crippen LogP contribution >= 0.6 is 0 Å². The van der Waals surface area contributed by atoms with Crippen molar-refractivity contribution in [3.63, 3.8) is 0 Å². The first-order chi connectivity index (χ1) is 9.61. The molecule has 20 heavy (non-hydrogen) atoms. The average Bonchev–Trinajstić information content (AvgIpc) is 2.82. The van der Waals surface area contributed by atoms with Gasteiger partial charge in [0.15, 0.2) is 5.82 Å². The molecule has 0 bridgehead atoms. The second-order valence-electron chi connectivity index (χ2n) is 5.74. The van der Waals surface area contributed by atoms with E-state index in [1.807, 2.05) is 28.8 Å². The molecule has 1 aliphatic heterocycles. The van der Waals surface area contributed by atoms with Gasteiger partial charge in [-0.25, -0.2) is 4.98 Å². The summed E-state index contributed by atoms with van der Waals surface area (Å²) in [5, 5.41) is 9.72. The molecule has 2 aromatic rings. The lowest BCUT2D eigenvalue weighted by Crippen LogP contribution is -2.55. The number of pyridine rings is 1. The first-order valence-electron chi connectivity index (χ1n) is 7.15. The second-order valence-corrected chi connectivity index (χ2v) is 5.74. The SMILES string of the molecule is CC1CN(c2nc3ccccn3c2CO)CC(C)N1C. The van der Waals surface area contributed by atoms with Crippen molar-refractivity contribution in [2.24, 2.45) is 0 Å². The smallest absolute Gasteiger partial charge is 0.153 e. The Kier molecular flexibility index (Phi) is 3.40. The molecule has 2 aromatic heterocycles. The Balaban J connectivity index is 2.01. The molecule has 0 aliphatic carbocycles. The summed E-state index contributed by atoms with van der Waals surface area (Å²) >= 11 is 0. The Morgan fingerprint density at radius 2 is 1.95 bits per heavy atom. The molecule has 5 heteroatoms. The second kappa shape index (κ2) is 5.07. The predicted molar refractivity (Wildman–Crippen MR) is 80.0 cm³/mol. The van der Waals surface area contributed by atoms with Gasteiger partial charge in [0.25, 0.3) is 0 Å². The Bertz CT molecular complexity index is 597. The molecule has 1 aliphatic rings. The van der Waals surface area contributed by atoms with Crippen LogP contribution in [-0.4, -0.2) is 51.6 Å². The third-order valence-electron chi connectivity index (χ3n) is 4.42. The number of hydrogen-bond acceptors (Lipinski definition) is 4. The van der Waals surface area contributed by atoms with Crippen LogP contribution in [0.3, 0.4) is 0 Å². The van der Waals surface area contributed by atoms with E-state index in [0.717, 1.165) is 30.2 Å². The quantitative estimate of drug-likeness (QED) is 0.898. The molecule has 0 amide bonds. The third kappa shape index (κ3) is 2.07. The number of likely N-dealkylation sites (N-methyl/N-ethyl adjacent to an activating group) is 1. The molecule has 2 atom stereocenters. The van der Waals surface area contributed by atoms with Gasteiger partial charge in [0.05, 0.1) is 12.3 Å². The number of rotatable bonds is 2. The number of hydrogen-bond donors (Lipinski definition) is 1. The van der Waals surface area contributed by atoms with Gasteiger partial charge in [-0.3, -0.25) is 9.30 Å². The Morgan fingerprint density at radius 1 is 1.25 bits per heavy atom. The molecule has 0 saturated carbocycles. The summed E-state index contributed by atoms with van der Waals surface area (Å²) in [5.41, 5.74) is 1.77. The number of piperazine rings is 1. The zero-order valence-corrected chi connectivity index (χ0v) is 12.3. The van der Waals surface area contributed by atoms with Gasteiger partial charge in [0.1, 0.15) is 5.65 Å². The van der Waals surface area contributed by atoms with Gasteiger partial charge in [0.2, 0.25) is 0 Å². The molecule has 3 heterocycles. The van der Waals surface area contributed by atoms with Gasteiger partial charge in [-0.2, -0.15) is 0 Å². The normalized spacial score (nSPS) is 24.5. The van der Waals surface area contributed by atoms with Crippen LogP contribution in [0.1, 0.15) is 19.5 Å². The van der Waals surface area contributed by atoms with E-state index in [4.69, 9.17) is 4.98 Å². The molecule has 0 spiro atoms. The van der Waals surface area contributed by atoms with E-state index >= 15 is 0 Å². The maximum absolute atomic E-state index is 9.72. The van der Waals surface area contributed by atoms with E-state index in [1.165, 1.54) is 0 Å². The van der Waals surface area contributed by atoms with Gasteiger partial charge in [0, 0.05) is 31.4 Å². The van der Waals surface area contributed by atoms with E-state index in [2.05, 4.69) is 30.7 Å². The van der Waals surface area contributed by atoms with Gasteiger partial charge >= 0.3 is 0 Å². The maximum Gasteiger partial charge on any atom is 0.153 e. The molecule has 1 saturated heterocycles. The van der Waals surface area contributed by atoms with Crippen LogP contribution in [0.5, 0.6) is 0 Å². The summed E-state index contributed by atoms with van der Waals surface area (Å²) in [5.74, 6) is 0.922. The minimum absolute atomic E-state index is 0.00954. The van der Waals surface area contributed by atoms with Crippen LogP contribution in [0.4, 0.5) is 5.82 Å². The largest absolute Gasteiger partial charge is 0.390 e. The lowest BCUT2D eigenvalue weighted by Gasteiger charge is -2.42. The van der Waals surface area contributed by atoms with E-state index < -0.39 is 0 Å². The van der Waals surface area contributed by atoms with Crippen molar-refractivity contribution in [1.29, 1.82) is 0 Å². The molecule has 108 valence electrons. The lowest BCUT2D eigenvalue weighted by atomic mass is 10.1. The molecule has 0 radical (unpaired) electrons. The summed E-state index contributed by atoms with van der Waals surface area (Å²) in [6.07, 6.45) is 1.96. The highest BCUT2D eigenvalue weighted by Gasteiger charge is 2.29. The average molecular weight is 274 g/mol. The topological polar surface area (TPSA) is 44.0 Å². The monoisotopic (exact) mass is 274 g/mol. The van der Waals surface area contributed by atoms with Crippen molar-refractivity contribution in [3.05, 3.63) is 30.1 Å². The minimum atomic E-state index is 0.00954. The fourth-order valence-corrected chi connectivity index (χ4v) is 3.01. The predicted octanol–water partition coefficient (Wildman–Crippen LogP) is 1.36. The van der Waals surface area contributed by atoms with E-state index in [1.54, 1.807) is 0 Å². The fraction of sp³-hybridized carbons (Fsp3) is 0.533. The molecule has 5 nitrogen and oxygen atoms in total. The van der Waals surface area contributed by atoms with Crippen LogP contribution in [-0.2, 0) is 6.61 Å². The highest BCUT2D eigenvalue weighted by Crippen LogP contribution is 2.25.